The molecule has 1 fully saturated rings. The summed E-state index contributed by atoms with van der Waals surface area (Å²) in [5.74, 6) is -11.5. The topological polar surface area (TPSA) is 464 Å². The Hall–Kier alpha value is -8.60. The monoisotopic (exact) mass is 1310 g/mol. The second kappa shape index (κ2) is 34.6. The summed E-state index contributed by atoms with van der Waals surface area (Å²) in [6, 6.07) is 8.45. The number of nitrogens with one attached hydrogen (secondary N) is 10. The van der Waals surface area contributed by atoms with Gasteiger partial charge in [0.05, 0.1) is 13.0 Å². The molecular weight excluding hydrogens is 1220 g/mol. The zero-order chi connectivity index (χ0) is 68.0. The van der Waals surface area contributed by atoms with E-state index >= 15 is 0 Å². The third-order valence-corrected chi connectivity index (χ3v) is 15.3. The van der Waals surface area contributed by atoms with Gasteiger partial charge in [-0.3, -0.25) is 67.3 Å². The Morgan fingerprint density at radius 2 is 1.08 bits per heavy atom. The summed E-state index contributed by atoms with van der Waals surface area (Å²) in [6.45, 7) is 10.3. The van der Waals surface area contributed by atoms with Crippen LogP contribution in [0.25, 0.3) is 0 Å². The standard InChI is InChI=1S/C60H85N12O17PS/c1-33(2)49(57(84)63-31-48(76)66-45(30-59(5,6)7)54(81)67-41(51(78)64-34(3)50(62)77)27-37-16-20-39(74)21-17-37)71-53(80)44(29-47(61)75)70-58(85)60(24-12-9-13-25-60)72-56(83)43(28-38-18-22-40(23-19-38)89-90(86,87)88)69-52(79)42(26-36-14-10-8-11-15-36)68-55(82)46(32-91)65-35(4)73/h8,10-11,14-23,33-34,41-46,49,74,91H,9,12-13,24-32H2,1-7H3,(H2,61,75)(H2,62,77)(H,63,84)(H,64,78)(H,65,73)(H,66,76)(H,67,81)(H,68,82)(H,69,79)(H,70,85)(H,71,80)(H,72,83)(H2,86,87,88)/t34-,41-,42-,43-,44-,45-,46-,49-/m0/s1. The van der Waals surface area contributed by atoms with Gasteiger partial charge in [0.25, 0.3) is 0 Å². The van der Waals surface area contributed by atoms with E-state index in [9.17, 15) is 77.0 Å². The van der Waals surface area contributed by atoms with Gasteiger partial charge in [-0.15, -0.1) is 0 Å². The van der Waals surface area contributed by atoms with E-state index in [2.05, 4.69) is 70.3 Å². The van der Waals surface area contributed by atoms with Crippen LogP contribution in [0.2, 0.25) is 0 Å². The van der Waals surface area contributed by atoms with Gasteiger partial charge in [0, 0.05) is 31.9 Å². The van der Waals surface area contributed by atoms with Crippen LogP contribution in [0.3, 0.4) is 0 Å². The first kappa shape index (κ1) is 74.9. The second-order valence-electron chi connectivity index (χ2n) is 23.9. The molecule has 8 atom stereocenters. The molecule has 4 rings (SSSR count). The summed E-state index contributed by atoms with van der Waals surface area (Å²) in [5.41, 5.74) is 9.98. The second-order valence-corrected chi connectivity index (χ2v) is 25.4. The quantitative estimate of drug-likeness (QED) is 0.0260. The number of phosphoric acid groups is 1. The van der Waals surface area contributed by atoms with Crippen LogP contribution in [0, 0.1) is 11.3 Å². The zero-order valence-corrected chi connectivity index (χ0v) is 53.6. The minimum absolute atomic E-state index is 0.0190. The third-order valence-electron chi connectivity index (χ3n) is 14.5. The number of primary amides is 2. The van der Waals surface area contributed by atoms with Gasteiger partial charge >= 0.3 is 7.82 Å². The van der Waals surface area contributed by atoms with Crippen molar-refractivity contribution in [2.75, 3.05) is 12.3 Å². The van der Waals surface area contributed by atoms with Gasteiger partial charge in [-0.05, 0) is 78.5 Å². The SMILES string of the molecule is CC(=O)N[C@@H](CS)C(=O)N[C@@H](Cc1ccccc1)C(=O)N[C@@H](Cc1ccc(OP(=O)(O)O)cc1)C(=O)NC1(C(=O)N[C@@H](CC(N)=O)C(=O)N[C@H](C(=O)NCC(=O)N[C@@H](CC(C)(C)C)C(=O)N[C@@H](Cc2ccc(O)cc2)C(=O)N[C@@H](C)C(N)=O)C(C)C)CCCCC1. The van der Waals surface area contributed by atoms with E-state index in [0.717, 1.165) is 0 Å². The number of carbonyl (C=O) groups excluding carboxylic acids is 12. The fourth-order valence-electron chi connectivity index (χ4n) is 9.77. The molecule has 0 heterocycles. The molecule has 0 spiro atoms. The number of phosphoric ester groups is 1. The average molecular weight is 1310 g/mol. The number of hydrogen-bond acceptors (Lipinski definition) is 16. The van der Waals surface area contributed by atoms with E-state index in [1.54, 1.807) is 65.0 Å². The van der Waals surface area contributed by atoms with Crippen LogP contribution in [0.15, 0.2) is 78.9 Å². The molecule has 91 heavy (non-hydrogen) atoms. The summed E-state index contributed by atoms with van der Waals surface area (Å²) in [4.78, 5) is 182. The van der Waals surface area contributed by atoms with E-state index in [0.29, 0.717) is 36.0 Å². The van der Waals surface area contributed by atoms with E-state index < -0.39 is 157 Å². The number of benzene rings is 3. The van der Waals surface area contributed by atoms with Gasteiger partial charge in [0.2, 0.25) is 70.9 Å². The summed E-state index contributed by atoms with van der Waals surface area (Å²) in [7, 11) is -4.98. The van der Waals surface area contributed by atoms with Gasteiger partial charge in [0.15, 0.2) is 0 Å². The summed E-state index contributed by atoms with van der Waals surface area (Å²) < 4.78 is 16.3. The van der Waals surface area contributed by atoms with Crippen LogP contribution in [-0.2, 0) is 81.4 Å². The average Bonchev–Trinajstić information content (AvgIpc) is 1.01. The van der Waals surface area contributed by atoms with Crippen LogP contribution in [0.1, 0.15) is 110 Å². The highest BCUT2D eigenvalue weighted by atomic mass is 32.1. The van der Waals surface area contributed by atoms with Crippen molar-refractivity contribution < 1.29 is 81.5 Å². The van der Waals surface area contributed by atoms with E-state index in [4.69, 9.17) is 11.5 Å². The number of nitrogens with two attached hydrogens (primary N) is 2. The molecule has 12 amide bonds. The molecule has 0 radical (unpaired) electrons. The maximum Gasteiger partial charge on any atom is 0.524 e. The van der Waals surface area contributed by atoms with Crippen LogP contribution in [0.4, 0.5) is 0 Å². The lowest BCUT2D eigenvalue weighted by atomic mass is 9.80. The maximum absolute atomic E-state index is 14.9. The molecule has 17 N–H and O–H groups in total. The molecule has 0 aliphatic heterocycles. The number of phenolic OH excluding ortho intramolecular Hbond substituents is 1. The van der Waals surface area contributed by atoms with Crippen molar-refractivity contribution in [3.05, 3.63) is 95.6 Å². The van der Waals surface area contributed by atoms with Gasteiger partial charge in [-0.25, -0.2) is 4.57 Å². The van der Waals surface area contributed by atoms with Crippen LogP contribution < -0.4 is 69.2 Å². The van der Waals surface area contributed by atoms with Crippen molar-refractivity contribution in [3.8, 4) is 11.5 Å². The van der Waals surface area contributed by atoms with Crippen LogP contribution >= 0.6 is 20.5 Å². The lowest BCUT2D eigenvalue weighted by Gasteiger charge is -2.38. The van der Waals surface area contributed by atoms with Crippen molar-refractivity contribution in [1.29, 1.82) is 0 Å². The number of hydrogen-bond donors (Lipinski definition) is 16. The molecule has 31 heteroatoms. The minimum atomic E-state index is -4.98. The van der Waals surface area contributed by atoms with Crippen molar-refractivity contribution in [2.45, 2.75) is 167 Å². The largest absolute Gasteiger partial charge is 0.524 e. The Bertz CT molecular complexity index is 3120. The van der Waals surface area contributed by atoms with Crippen molar-refractivity contribution in [3.63, 3.8) is 0 Å². The lowest BCUT2D eigenvalue weighted by molar-refractivity contribution is -0.140. The molecule has 1 saturated carbocycles. The Morgan fingerprint density at radius 3 is 1.56 bits per heavy atom. The fraction of sp³-hybridized carbons (Fsp3) is 0.500. The van der Waals surface area contributed by atoms with Crippen molar-refractivity contribution in [1.82, 2.24) is 53.2 Å². The first-order chi connectivity index (χ1) is 42.6. The van der Waals surface area contributed by atoms with Crippen molar-refractivity contribution in [2.24, 2.45) is 22.8 Å². The van der Waals surface area contributed by atoms with Gasteiger partial charge < -0.3 is 74.3 Å². The molecule has 1 aliphatic rings. The maximum atomic E-state index is 14.9. The third kappa shape index (κ3) is 25.7. The predicted octanol–water partition coefficient (Wildman–Crippen LogP) is -0.872. The molecule has 1 aliphatic carbocycles. The Morgan fingerprint density at radius 1 is 0.593 bits per heavy atom. The first-order valence-electron chi connectivity index (χ1n) is 29.4. The van der Waals surface area contributed by atoms with E-state index in [1.165, 1.54) is 62.4 Å². The zero-order valence-electron chi connectivity index (χ0n) is 51.8. The van der Waals surface area contributed by atoms with Gasteiger partial charge in [-0.2, -0.15) is 12.6 Å². The number of amides is 12. The Kier molecular flexibility index (Phi) is 28.4. The molecule has 0 unspecified atom stereocenters. The highest BCUT2D eigenvalue weighted by Gasteiger charge is 2.45. The molecule has 3 aromatic rings. The molecule has 29 nitrogen and oxygen atoms in total. The molecule has 498 valence electrons. The number of rotatable bonds is 33. The Balaban J connectivity index is 1.58. The molecule has 0 bridgehead atoms. The molecule has 0 saturated heterocycles. The van der Waals surface area contributed by atoms with Crippen LogP contribution in [0.5, 0.6) is 11.5 Å². The smallest absolute Gasteiger partial charge is 0.508 e. The summed E-state index contributed by atoms with van der Waals surface area (Å²) in [5, 5.41) is 35.6. The molecule has 3 aromatic carbocycles. The van der Waals surface area contributed by atoms with Crippen molar-refractivity contribution >= 4 is 91.3 Å². The Labute approximate surface area is 532 Å². The summed E-state index contributed by atoms with van der Waals surface area (Å²) in [6.07, 6.45) is -0.0158. The lowest BCUT2D eigenvalue weighted by Crippen LogP contribution is -2.66. The van der Waals surface area contributed by atoms with E-state index in [1.807, 2.05) is 0 Å². The van der Waals surface area contributed by atoms with Gasteiger partial charge in [-0.1, -0.05) is 108 Å². The van der Waals surface area contributed by atoms with Gasteiger partial charge in [0.1, 0.15) is 65.4 Å². The first-order valence-corrected chi connectivity index (χ1v) is 31.6. The number of carbonyl (C=O) groups is 12. The highest BCUT2D eigenvalue weighted by Crippen LogP contribution is 2.37. The summed E-state index contributed by atoms with van der Waals surface area (Å²) >= 11 is 4.19. The normalized spacial score (nSPS) is 15.5. The number of thiol groups is 1. The number of phenols is 1. The minimum Gasteiger partial charge on any atom is -0.508 e. The van der Waals surface area contributed by atoms with E-state index in [-0.39, 0.29) is 55.8 Å². The number of aromatic hydroxyl groups is 1. The fourth-order valence-corrected chi connectivity index (χ4v) is 10.4. The predicted molar refractivity (Wildman–Crippen MR) is 334 cm³/mol. The van der Waals surface area contributed by atoms with Crippen LogP contribution in [-0.4, -0.2) is 152 Å². The molecule has 0 aromatic heterocycles. The highest BCUT2D eigenvalue weighted by molar-refractivity contribution is 7.80. The molecular formula is C60H85N12O17PS.